The predicted molar refractivity (Wildman–Crippen MR) is 218 cm³/mol. The van der Waals surface area contributed by atoms with Crippen LogP contribution in [0.2, 0.25) is 0 Å². The van der Waals surface area contributed by atoms with Crippen LogP contribution in [0.3, 0.4) is 0 Å². The Kier molecular flexibility index (Phi) is 16.3. The molecule has 0 aromatic heterocycles. The zero-order valence-electron chi connectivity index (χ0n) is 33.7. The van der Waals surface area contributed by atoms with Crippen molar-refractivity contribution < 1.29 is 29.4 Å². The van der Waals surface area contributed by atoms with Gasteiger partial charge in [0.1, 0.15) is 0 Å². The Hall–Kier alpha value is -4.72. The first-order chi connectivity index (χ1) is 25.3. The van der Waals surface area contributed by atoms with Crippen LogP contribution in [0.5, 0.6) is 0 Å². The molecular weight excluding hydrogens is 677 g/mol. The molecule has 0 bridgehead atoms. The number of benzene rings is 2. The van der Waals surface area contributed by atoms with Crippen LogP contribution in [0.4, 0.5) is 0 Å². The van der Waals surface area contributed by atoms with Gasteiger partial charge in [-0.25, -0.2) is 9.59 Å². The molecule has 2 amide bonds. The first-order valence-corrected chi connectivity index (χ1v) is 19.2. The van der Waals surface area contributed by atoms with E-state index < -0.39 is 11.9 Å². The zero-order chi connectivity index (χ0) is 40.1. The van der Waals surface area contributed by atoms with Crippen molar-refractivity contribution in [2.45, 2.75) is 119 Å². The van der Waals surface area contributed by atoms with E-state index >= 15 is 0 Å². The molecule has 4 rings (SSSR count). The highest BCUT2D eigenvalue weighted by molar-refractivity contribution is 5.88. The van der Waals surface area contributed by atoms with E-state index in [1.54, 1.807) is 24.3 Å². The largest absolute Gasteiger partial charge is 0.478 e. The number of aromatic carboxylic acids is 2. The van der Waals surface area contributed by atoms with E-state index in [0.717, 1.165) is 49.7 Å². The van der Waals surface area contributed by atoms with Crippen LogP contribution < -0.4 is 0 Å². The van der Waals surface area contributed by atoms with E-state index in [9.17, 15) is 19.2 Å². The predicted octanol–water partition coefficient (Wildman–Crippen LogP) is 9.71. The molecule has 2 N–H and O–H groups in total. The Morgan fingerprint density at radius 1 is 0.630 bits per heavy atom. The topological polar surface area (TPSA) is 115 Å². The van der Waals surface area contributed by atoms with E-state index in [4.69, 9.17) is 10.2 Å². The Labute approximate surface area is 323 Å². The molecule has 2 aromatic carbocycles. The molecule has 0 aliphatic carbocycles. The first-order valence-electron chi connectivity index (χ1n) is 19.2. The minimum atomic E-state index is -0.920. The minimum Gasteiger partial charge on any atom is -0.478 e. The molecule has 54 heavy (non-hydrogen) atoms. The molecule has 0 spiro atoms. The number of carbonyl (C=O) groups is 4. The fraction of sp³-hybridized carbons (Fsp3) is 0.478. The molecule has 2 fully saturated rings. The normalized spacial score (nSPS) is 18.5. The molecule has 8 nitrogen and oxygen atoms in total. The number of carbonyl (C=O) groups excluding carboxylic acids is 2. The number of rotatable bonds is 14. The summed E-state index contributed by atoms with van der Waals surface area (Å²) in [7, 11) is 0. The van der Waals surface area contributed by atoms with Crippen molar-refractivity contribution in [1.29, 1.82) is 0 Å². The summed E-state index contributed by atoms with van der Waals surface area (Å²) in [5.74, 6) is -1.45. The second-order valence-corrected chi connectivity index (χ2v) is 17.2. The van der Waals surface area contributed by atoms with Gasteiger partial charge in [0.15, 0.2) is 0 Å². The molecule has 2 aliphatic rings. The van der Waals surface area contributed by atoms with Crippen LogP contribution in [0.25, 0.3) is 0 Å². The lowest BCUT2D eigenvalue weighted by Crippen LogP contribution is -2.33. The molecule has 8 heteroatoms. The third-order valence-electron chi connectivity index (χ3n) is 9.48. The number of allylic oxidation sites excluding steroid dienone is 6. The van der Waals surface area contributed by atoms with Gasteiger partial charge in [-0.3, -0.25) is 9.59 Å². The van der Waals surface area contributed by atoms with Gasteiger partial charge in [0.25, 0.3) is 0 Å². The van der Waals surface area contributed by atoms with E-state index in [0.29, 0.717) is 25.9 Å². The van der Waals surface area contributed by atoms with Crippen LogP contribution in [0.15, 0.2) is 96.1 Å². The molecule has 2 aromatic rings. The highest BCUT2D eigenvalue weighted by Crippen LogP contribution is 2.26. The SMILES string of the molecule is C/C(=C\C=C/[C@H]1CCC(=O)N1CCc1ccc(C(=O)O)cc1)CC(C)(C)C.C/C(=C\C=C\[C@H]1CCC(=O)N1CCc1ccc(C(=O)O)cc1)CC(C)(C)C. The van der Waals surface area contributed by atoms with Gasteiger partial charge in [0, 0.05) is 25.9 Å². The van der Waals surface area contributed by atoms with E-state index in [2.05, 4.69) is 91.8 Å². The third-order valence-corrected chi connectivity index (χ3v) is 9.48. The molecule has 0 radical (unpaired) electrons. The highest BCUT2D eigenvalue weighted by Gasteiger charge is 2.29. The van der Waals surface area contributed by atoms with Gasteiger partial charge in [-0.2, -0.15) is 0 Å². The van der Waals surface area contributed by atoms with Gasteiger partial charge in [-0.15, -0.1) is 0 Å². The number of nitrogens with zero attached hydrogens (tertiary/aromatic N) is 2. The molecule has 292 valence electrons. The van der Waals surface area contributed by atoms with Gasteiger partial charge in [0.05, 0.1) is 23.2 Å². The maximum Gasteiger partial charge on any atom is 0.335 e. The lowest BCUT2D eigenvalue weighted by Gasteiger charge is -2.22. The number of likely N-dealkylation sites (tertiary alicyclic amines) is 2. The maximum absolute atomic E-state index is 12.2. The zero-order valence-corrected chi connectivity index (χ0v) is 33.7. The number of carboxylic acids is 2. The van der Waals surface area contributed by atoms with E-state index in [1.807, 2.05) is 34.1 Å². The smallest absolute Gasteiger partial charge is 0.335 e. The number of carboxylic acid groups (broad SMARTS) is 2. The van der Waals surface area contributed by atoms with Crippen molar-refractivity contribution in [3.63, 3.8) is 0 Å². The van der Waals surface area contributed by atoms with Crippen molar-refractivity contribution >= 4 is 23.8 Å². The average molecular weight is 739 g/mol. The molecule has 0 saturated carbocycles. The average Bonchev–Trinajstić information content (AvgIpc) is 3.61. The fourth-order valence-corrected chi connectivity index (χ4v) is 7.11. The van der Waals surface area contributed by atoms with Gasteiger partial charge in [-0.05, 0) is 98.6 Å². The van der Waals surface area contributed by atoms with Crippen LogP contribution >= 0.6 is 0 Å². The summed E-state index contributed by atoms with van der Waals surface area (Å²) >= 11 is 0. The standard InChI is InChI=1S/2C23H31NO3/c2*1-17(16-23(2,3)4)6-5-7-20-12-13-21(25)24(20)15-14-18-8-10-19(11-9-18)22(26)27/h2*5-11,20H,12-16H2,1-4H3,(H,26,27)/b7-5+,17-6+;7-5-,17-6+/t2*20-/m00/s1. The van der Waals surface area contributed by atoms with Crippen LogP contribution in [0.1, 0.15) is 126 Å². The Morgan fingerprint density at radius 2 is 0.963 bits per heavy atom. The summed E-state index contributed by atoms with van der Waals surface area (Å²) in [6.45, 7) is 19.0. The summed E-state index contributed by atoms with van der Waals surface area (Å²) in [5.41, 5.74) is 5.90. The fourth-order valence-electron chi connectivity index (χ4n) is 7.11. The van der Waals surface area contributed by atoms with Crippen LogP contribution in [0, 0.1) is 10.8 Å². The van der Waals surface area contributed by atoms with Crippen LogP contribution in [-0.4, -0.2) is 68.9 Å². The molecular formula is C46H62N2O6. The monoisotopic (exact) mass is 738 g/mol. The Bertz CT molecular complexity index is 1570. The second-order valence-electron chi connectivity index (χ2n) is 17.2. The summed E-state index contributed by atoms with van der Waals surface area (Å²) in [6, 6.07) is 14.1. The summed E-state index contributed by atoms with van der Waals surface area (Å²) in [6.07, 6.45) is 19.2. The van der Waals surface area contributed by atoms with Crippen molar-refractivity contribution in [2.24, 2.45) is 10.8 Å². The van der Waals surface area contributed by atoms with E-state index in [1.165, 1.54) is 11.1 Å². The molecule has 2 heterocycles. The number of hydrogen-bond donors (Lipinski definition) is 2. The highest BCUT2D eigenvalue weighted by atomic mass is 16.4. The summed E-state index contributed by atoms with van der Waals surface area (Å²) < 4.78 is 0. The molecule has 2 aliphatic heterocycles. The quantitative estimate of drug-likeness (QED) is 0.187. The third kappa shape index (κ3) is 15.3. The van der Waals surface area contributed by atoms with Gasteiger partial charge in [-0.1, -0.05) is 113 Å². The minimum absolute atomic E-state index is 0.148. The van der Waals surface area contributed by atoms with Crippen molar-refractivity contribution in [3.05, 3.63) is 118 Å². The lowest BCUT2D eigenvalue weighted by atomic mass is 9.88. The molecule has 0 unspecified atom stereocenters. The summed E-state index contributed by atoms with van der Waals surface area (Å²) in [5, 5.41) is 17.9. The number of amides is 2. The van der Waals surface area contributed by atoms with Crippen molar-refractivity contribution in [2.75, 3.05) is 13.1 Å². The summed E-state index contributed by atoms with van der Waals surface area (Å²) in [4.78, 5) is 50.2. The Balaban J connectivity index is 0.000000290. The lowest BCUT2D eigenvalue weighted by molar-refractivity contribution is -0.129. The van der Waals surface area contributed by atoms with Gasteiger partial charge < -0.3 is 20.0 Å². The van der Waals surface area contributed by atoms with Gasteiger partial charge >= 0.3 is 11.9 Å². The van der Waals surface area contributed by atoms with Crippen molar-refractivity contribution in [3.8, 4) is 0 Å². The number of hydrogen-bond acceptors (Lipinski definition) is 4. The second kappa shape index (κ2) is 20.1. The van der Waals surface area contributed by atoms with E-state index in [-0.39, 0.29) is 45.9 Å². The maximum atomic E-state index is 12.2. The first kappa shape index (κ1) is 43.7. The van der Waals surface area contributed by atoms with Crippen LogP contribution in [-0.2, 0) is 22.4 Å². The Morgan fingerprint density at radius 3 is 1.26 bits per heavy atom. The van der Waals surface area contributed by atoms with Gasteiger partial charge in [0.2, 0.25) is 11.8 Å². The van der Waals surface area contributed by atoms with Crippen molar-refractivity contribution in [1.82, 2.24) is 9.80 Å². The molecule has 2 saturated heterocycles. The molecule has 2 atom stereocenters.